The monoisotopic (exact) mass is 517 g/mol. The van der Waals surface area contributed by atoms with Gasteiger partial charge in [0.25, 0.3) is 5.91 Å². The van der Waals surface area contributed by atoms with Gasteiger partial charge in [0, 0.05) is 13.1 Å². The van der Waals surface area contributed by atoms with Gasteiger partial charge in [-0.3, -0.25) is 15.0 Å². The molecule has 6 rings (SSSR count). The zero-order valence-corrected chi connectivity index (χ0v) is 20.6. The second kappa shape index (κ2) is 9.74. The third-order valence-corrected chi connectivity index (χ3v) is 7.20. The molecule has 2 amide bonds. The highest BCUT2D eigenvalue weighted by Gasteiger charge is 2.36. The second-order valence-electron chi connectivity index (χ2n) is 8.82. The van der Waals surface area contributed by atoms with E-state index in [0.717, 1.165) is 42.8 Å². The number of likely N-dealkylation sites (tertiary alicyclic amines) is 1. The maximum atomic E-state index is 12.7. The van der Waals surface area contributed by atoms with Gasteiger partial charge in [-0.05, 0) is 66.1 Å². The molecule has 0 aromatic heterocycles. The van der Waals surface area contributed by atoms with E-state index < -0.39 is 5.91 Å². The van der Waals surface area contributed by atoms with Gasteiger partial charge in [-0.15, -0.1) is 0 Å². The molecule has 1 N–H and O–H groups in total. The molecule has 37 heavy (non-hydrogen) atoms. The van der Waals surface area contributed by atoms with Crippen LogP contribution < -0.4 is 14.2 Å². The van der Waals surface area contributed by atoms with Crippen LogP contribution in [0, 0.1) is 5.41 Å². The first-order chi connectivity index (χ1) is 18.0. The molecule has 1 fully saturated rings. The van der Waals surface area contributed by atoms with Crippen LogP contribution in [-0.2, 0) is 16.2 Å². The highest BCUT2D eigenvalue weighted by Crippen LogP contribution is 2.33. The van der Waals surface area contributed by atoms with Crippen molar-refractivity contribution in [2.75, 3.05) is 19.9 Å². The minimum atomic E-state index is -0.505. The van der Waals surface area contributed by atoms with Gasteiger partial charge in [0.15, 0.2) is 17.3 Å². The standard InChI is InChI=1S/C26H23N5O5S/c27-24-19(25(33)28-26-31(24)29-22(37-26)13-23(32)30-9-1-2-10-30)11-16-3-6-18(7-4-16)34-14-17-5-8-20-21(12-17)36-15-35-20/h3-8,11-12,27H,1-2,9-10,13-15H2/b19-11-,27-24?. The van der Waals surface area contributed by atoms with Gasteiger partial charge in [0.2, 0.25) is 17.9 Å². The number of hydrogen-bond donors (Lipinski definition) is 1. The Morgan fingerprint density at radius 3 is 2.70 bits per heavy atom. The van der Waals surface area contributed by atoms with E-state index in [4.69, 9.17) is 19.6 Å². The molecule has 0 atom stereocenters. The number of benzene rings is 2. The lowest BCUT2D eigenvalue weighted by atomic mass is 10.1. The summed E-state index contributed by atoms with van der Waals surface area (Å²) in [6, 6.07) is 12.9. The van der Waals surface area contributed by atoms with E-state index in [9.17, 15) is 9.59 Å². The number of amidine groups is 2. The van der Waals surface area contributed by atoms with Crippen LogP contribution in [0.5, 0.6) is 17.2 Å². The van der Waals surface area contributed by atoms with Crippen LogP contribution in [0.3, 0.4) is 0 Å². The summed E-state index contributed by atoms with van der Waals surface area (Å²) >= 11 is 1.17. The fourth-order valence-corrected chi connectivity index (χ4v) is 5.21. The largest absolute Gasteiger partial charge is 0.489 e. The molecular formula is C26H23N5O5S. The summed E-state index contributed by atoms with van der Waals surface area (Å²) in [4.78, 5) is 31.1. The van der Waals surface area contributed by atoms with Crippen molar-refractivity contribution in [2.24, 2.45) is 10.1 Å². The summed E-state index contributed by atoms with van der Waals surface area (Å²) < 4.78 is 16.6. The smallest absolute Gasteiger partial charge is 0.283 e. The molecule has 0 unspecified atom stereocenters. The maximum Gasteiger partial charge on any atom is 0.283 e. The number of nitrogens with one attached hydrogen (secondary N) is 1. The van der Waals surface area contributed by atoms with Gasteiger partial charge in [-0.25, -0.2) is 0 Å². The van der Waals surface area contributed by atoms with Crippen molar-refractivity contribution in [3.05, 3.63) is 59.2 Å². The van der Waals surface area contributed by atoms with Gasteiger partial charge in [0.1, 0.15) is 17.4 Å². The Kier molecular flexibility index (Phi) is 6.13. The third-order valence-electron chi connectivity index (χ3n) is 6.29. The fourth-order valence-electron chi connectivity index (χ4n) is 4.34. The molecule has 10 nitrogen and oxygen atoms in total. The van der Waals surface area contributed by atoms with Gasteiger partial charge in [-0.1, -0.05) is 18.2 Å². The quantitative estimate of drug-likeness (QED) is 0.582. The lowest BCUT2D eigenvalue weighted by Gasteiger charge is -2.20. The minimum Gasteiger partial charge on any atom is -0.489 e. The molecule has 0 radical (unpaired) electrons. The molecule has 0 bridgehead atoms. The highest BCUT2D eigenvalue weighted by atomic mass is 32.2. The highest BCUT2D eigenvalue weighted by molar-refractivity contribution is 8.27. The number of rotatable bonds is 6. The molecular weight excluding hydrogens is 494 g/mol. The van der Waals surface area contributed by atoms with E-state index in [0.29, 0.717) is 28.3 Å². The van der Waals surface area contributed by atoms with Gasteiger partial charge in [-0.2, -0.15) is 15.1 Å². The maximum absolute atomic E-state index is 12.7. The van der Waals surface area contributed by atoms with Crippen LogP contribution in [0.25, 0.3) is 6.08 Å². The number of ether oxygens (including phenoxy) is 3. The number of amides is 2. The Morgan fingerprint density at radius 2 is 1.89 bits per heavy atom. The minimum absolute atomic E-state index is 0.0126. The molecule has 4 aliphatic heterocycles. The predicted molar refractivity (Wildman–Crippen MR) is 139 cm³/mol. The van der Waals surface area contributed by atoms with Crippen molar-refractivity contribution in [3.63, 3.8) is 0 Å². The van der Waals surface area contributed by atoms with Gasteiger partial charge >= 0.3 is 0 Å². The Morgan fingerprint density at radius 1 is 1.11 bits per heavy atom. The lowest BCUT2D eigenvalue weighted by Crippen LogP contribution is -2.35. The van der Waals surface area contributed by atoms with E-state index in [1.807, 2.05) is 35.2 Å². The van der Waals surface area contributed by atoms with Crippen LogP contribution in [0.4, 0.5) is 0 Å². The molecule has 0 spiro atoms. The van der Waals surface area contributed by atoms with E-state index >= 15 is 0 Å². The molecule has 4 aliphatic rings. The fraction of sp³-hybridized carbons (Fsp3) is 0.269. The second-order valence-corrected chi connectivity index (χ2v) is 9.86. The van der Waals surface area contributed by atoms with Gasteiger partial charge < -0.3 is 19.1 Å². The summed E-state index contributed by atoms with van der Waals surface area (Å²) in [6.07, 6.45) is 3.80. The predicted octanol–water partition coefficient (Wildman–Crippen LogP) is 3.63. The number of carbonyl (C=O) groups is 2. The average molecular weight is 518 g/mol. The molecule has 11 heteroatoms. The molecule has 4 heterocycles. The number of carbonyl (C=O) groups excluding carboxylic acids is 2. The summed E-state index contributed by atoms with van der Waals surface area (Å²) in [6.45, 7) is 2.13. The molecule has 0 aliphatic carbocycles. The molecule has 2 aromatic rings. The molecule has 0 saturated carbocycles. The number of hydrogen-bond acceptors (Lipinski definition) is 8. The van der Waals surface area contributed by atoms with Crippen molar-refractivity contribution in [1.29, 1.82) is 5.41 Å². The number of nitrogens with zero attached hydrogens (tertiary/aromatic N) is 4. The first kappa shape index (κ1) is 23.3. The van der Waals surface area contributed by atoms with Crippen LogP contribution in [-0.4, -0.2) is 57.7 Å². The van der Waals surface area contributed by atoms with Crippen molar-refractivity contribution >= 4 is 45.7 Å². The van der Waals surface area contributed by atoms with E-state index in [1.165, 1.54) is 16.8 Å². The molecule has 2 aromatic carbocycles. The van der Waals surface area contributed by atoms with Crippen molar-refractivity contribution in [1.82, 2.24) is 9.91 Å². The van der Waals surface area contributed by atoms with E-state index in [-0.39, 0.29) is 30.5 Å². The summed E-state index contributed by atoms with van der Waals surface area (Å²) in [5.74, 6) is 1.55. The first-order valence-corrected chi connectivity index (χ1v) is 12.7. The van der Waals surface area contributed by atoms with Crippen LogP contribution in [0.1, 0.15) is 30.4 Å². The number of fused-ring (bicyclic) bond motifs is 2. The molecule has 188 valence electrons. The summed E-state index contributed by atoms with van der Waals surface area (Å²) in [5.41, 5.74) is 1.81. The van der Waals surface area contributed by atoms with E-state index in [1.54, 1.807) is 18.2 Å². The topological polar surface area (TPSA) is 117 Å². The van der Waals surface area contributed by atoms with Crippen molar-refractivity contribution < 1.29 is 23.8 Å². The number of aliphatic imine (C=N–C) groups is 1. The normalized spacial score (nSPS) is 19.3. The third kappa shape index (κ3) is 4.82. The Labute approximate surface area is 217 Å². The first-order valence-electron chi connectivity index (χ1n) is 11.9. The zero-order valence-electron chi connectivity index (χ0n) is 19.8. The average Bonchev–Trinajstić information content (AvgIpc) is 3.67. The summed E-state index contributed by atoms with van der Waals surface area (Å²) in [5, 5.41) is 15.1. The van der Waals surface area contributed by atoms with Crippen LogP contribution >= 0.6 is 11.8 Å². The van der Waals surface area contributed by atoms with Gasteiger partial charge in [0.05, 0.1) is 12.0 Å². The van der Waals surface area contributed by atoms with Crippen molar-refractivity contribution in [3.8, 4) is 17.2 Å². The summed E-state index contributed by atoms with van der Waals surface area (Å²) in [7, 11) is 0. The molecule has 1 saturated heterocycles. The van der Waals surface area contributed by atoms with E-state index in [2.05, 4.69) is 10.1 Å². The Hall–Kier alpha value is -4.12. The van der Waals surface area contributed by atoms with Crippen molar-refractivity contribution in [2.45, 2.75) is 25.9 Å². The SMILES string of the molecule is N=C1/C(=C/c2ccc(OCc3ccc4c(c3)OCO4)cc2)C(=O)N=C2SC(CC(=O)N3CCCC3)=NN12. The lowest BCUT2D eigenvalue weighted by molar-refractivity contribution is -0.128. The van der Waals surface area contributed by atoms with Crippen LogP contribution in [0.2, 0.25) is 0 Å². The Balaban J connectivity index is 1.11. The number of hydrazone groups is 1. The number of thioether (sulfide) groups is 1. The van der Waals surface area contributed by atoms with Crippen LogP contribution in [0.15, 0.2) is 58.1 Å². The zero-order chi connectivity index (χ0) is 25.4. The Bertz CT molecular complexity index is 1380.